The monoisotopic (exact) mass is 392 g/mol. The number of amides is 1. The van der Waals surface area contributed by atoms with Gasteiger partial charge in [-0.15, -0.1) is 5.10 Å². The number of likely N-dealkylation sites (tertiary alicyclic amines) is 1. The molecular formula is C19H20N8O2. The van der Waals surface area contributed by atoms with Crippen LogP contribution in [0.5, 0.6) is 5.88 Å². The second-order valence-corrected chi connectivity index (χ2v) is 7.05. The van der Waals surface area contributed by atoms with E-state index in [2.05, 4.69) is 25.5 Å². The Kier molecular flexibility index (Phi) is 4.04. The number of aromatic nitrogens is 6. The second kappa shape index (κ2) is 6.73. The Morgan fingerprint density at radius 2 is 2.14 bits per heavy atom. The maximum Gasteiger partial charge on any atom is 0.244 e. The van der Waals surface area contributed by atoms with Gasteiger partial charge in [0, 0.05) is 37.1 Å². The molecule has 10 nitrogen and oxygen atoms in total. The van der Waals surface area contributed by atoms with Gasteiger partial charge in [0.15, 0.2) is 5.65 Å². The smallest absolute Gasteiger partial charge is 0.244 e. The summed E-state index contributed by atoms with van der Waals surface area (Å²) in [6, 6.07) is 5.50. The van der Waals surface area contributed by atoms with Gasteiger partial charge in [-0.1, -0.05) is 0 Å². The Labute approximate surface area is 166 Å². The van der Waals surface area contributed by atoms with Gasteiger partial charge in [-0.2, -0.15) is 10.1 Å². The molecule has 1 atom stereocenters. The lowest BCUT2D eigenvalue weighted by Crippen LogP contribution is -2.45. The van der Waals surface area contributed by atoms with E-state index >= 15 is 0 Å². The van der Waals surface area contributed by atoms with E-state index in [1.807, 2.05) is 37.6 Å². The molecule has 4 aromatic heterocycles. The van der Waals surface area contributed by atoms with Gasteiger partial charge in [0.25, 0.3) is 0 Å². The molecule has 1 fully saturated rings. The van der Waals surface area contributed by atoms with Crippen LogP contribution in [0, 0.1) is 0 Å². The van der Waals surface area contributed by atoms with Crippen LogP contribution in [-0.2, 0) is 4.79 Å². The Balaban J connectivity index is 1.54. The van der Waals surface area contributed by atoms with Gasteiger partial charge >= 0.3 is 0 Å². The van der Waals surface area contributed by atoms with Gasteiger partial charge in [0.2, 0.25) is 17.7 Å². The summed E-state index contributed by atoms with van der Waals surface area (Å²) in [5.41, 5.74) is 3.37. The van der Waals surface area contributed by atoms with Crippen molar-refractivity contribution in [1.29, 1.82) is 0 Å². The second-order valence-electron chi connectivity index (χ2n) is 7.05. The Bertz CT molecular complexity index is 1210. The van der Waals surface area contributed by atoms with Crippen LogP contribution in [0.2, 0.25) is 0 Å². The fourth-order valence-corrected chi connectivity index (χ4v) is 3.73. The van der Waals surface area contributed by atoms with Gasteiger partial charge in [0.1, 0.15) is 17.9 Å². The number of methoxy groups -OCH3 is 1. The zero-order valence-corrected chi connectivity index (χ0v) is 16.1. The number of ether oxygens (including phenoxy) is 1. The highest BCUT2D eigenvalue weighted by atomic mass is 16.5. The summed E-state index contributed by atoms with van der Waals surface area (Å²) in [7, 11) is 3.38. The number of piperidine rings is 1. The fourth-order valence-electron chi connectivity index (χ4n) is 3.73. The number of carbonyl (C=O) groups is 1. The molecule has 1 aliphatic rings. The van der Waals surface area contributed by atoms with E-state index in [4.69, 9.17) is 4.74 Å². The molecule has 1 saturated heterocycles. The van der Waals surface area contributed by atoms with E-state index in [9.17, 15) is 4.79 Å². The molecule has 10 heteroatoms. The lowest BCUT2D eigenvalue weighted by molar-refractivity contribution is -0.132. The van der Waals surface area contributed by atoms with Crippen molar-refractivity contribution < 1.29 is 9.53 Å². The van der Waals surface area contributed by atoms with E-state index in [0.717, 1.165) is 41.7 Å². The van der Waals surface area contributed by atoms with Gasteiger partial charge in [-0.3, -0.25) is 4.79 Å². The number of fused-ring (bicyclic) bond motifs is 2. The van der Waals surface area contributed by atoms with E-state index in [1.165, 1.54) is 6.33 Å². The zero-order valence-electron chi connectivity index (χ0n) is 16.1. The number of nitrogens with one attached hydrogen (secondary N) is 1. The zero-order chi connectivity index (χ0) is 20.0. The summed E-state index contributed by atoms with van der Waals surface area (Å²) < 4.78 is 8.99. The van der Waals surface area contributed by atoms with Gasteiger partial charge in [0.05, 0.1) is 7.11 Å². The summed E-state index contributed by atoms with van der Waals surface area (Å²) in [6.07, 6.45) is 6.96. The Morgan fingerprint density at radius 1 is 1.24 bits per heavy atom. The Hall–Kier alpha value is -3.69. The first-order chi connectivity index (χ1) is 14.1. The molecule has 5 rings (SSSR count). The number of likely N-dealkylation sites (N-methyl/N-ethyl adjacent to an activating group) is 1. The van der Waals surface area contributed by atoms with Crippen molar-refractivity contribution in [3.8, 4) is 17.0 Å². The first-order valence-corrected chi connectivity index (χ1v) is 9.38. The molecule has 1 unspecified atom stereocenters. The number of hydrogen-bond acceptors (Lipinski definition) is 7. The number of hydrogen-bond donors (Lipinski definition) is 1. The van der Waals surface area contributed by atoms with E-state index < -0.39 is 0 Å². The predicted molar refractivity (Wildman–Crippen MR) is 106 cm³/mol. The average Bonchev–Trinajstić information content (AvgIpc) is 3.37. The van der Waals surface area contributed by atoms with Crippen LogP contribution in [0.4, 0.5) is 5.95 Å². The minimum absolute atomic E-state index is 0.0493. The molecule has 0 spiro atoms. The molecule has 1 amide bonds. The molecular weight excluding hydrogens is 372 g/mol. The minimum Gasteiger partial charge on any atom is -0.479 e. The van der Waals surface area contributed by atoms with Crippen molar-refractivity contribution in [2.75, 3.05) is 26.0 Å². The van der Waals surface area contributed by atoms with E-state index in [1.54, 1.807) is 21.0 Å². The molecule has 0 saturated carbocycles. The van der Waals surface area contributed by atoms with Crippen molar-refractivity contribution in [3.63, 3.8) is 0 Å². The topological polar surface area (TPSA) is 102 Å². The van der Waals surface area contributed by atoms with Crippen LogP contribution in [0.3, 0.4) is 0 Å². The number of nitrogens with zero attached hydrogens (tertiary/aromatic N) is 7. The first-order valence-electron chi connectivity index (χ1n) is 9.38. The molecule has 1 N–H and O–H groups in total. The molecule has 4 aromatic rings. The number of anilines is 1. The van der Waals surface area contributed by atoms with Crippen LogP contribution in [0.15, 0.2) is 36.9 Å². The highest BCUT2D eigenvalue weighted by Gasteiger charge is 2.27. The number of pyridine rings is 1. The third kappa shape index (κ3) is 2.93. The van der Waals surface area contributed by atoms with Crippen molar-refractivity contribution in [3.05, 3.63) is 36.9 Å². The van der Waals surface area contributed by atoms with Gasteiger partial charge in [-0.25, -0.2) is 14.0 Å². The summed E-state index contributed by atoms with van der Waals surface area (Å²) in [5, 5.41) is 11.9. The fraction of sp³-hybridized carbons (Fsp3) is 0.316. The quantitative estimate of drug-likeness (QED) is 0.561. The molecule has 5 heterocycles. The molecule has 0 bridgehead atoms. The lowest BCUT2D eigenvalue weighted by Gasteiger charge is -2.29. The number of carbonyl (C=O) groups excluding carboxylic acids is 1. The molecule has 0 radical (unpaired) electrons. The third-order valence-corrected chi connectivity index (χ3v) is 5.22. The maximum absolute atomic E-state index is 12.4. The minimum atomic E-state index is -0.333. The summed E-state index contributed by atoms with van der Waals surface area (Å²) in [5.74, 6) is 0.836. The molecule has 1 aliphatic heterocycles. The summed E-state index contributed by atoms with van der Waals surface area (Å²) in [6.45, 7) is 0.775. The van der Waals surface area contributed by atoms with Crippen LogP contribution in [0.25, 0.3) is 22.3 Å². The molecule has 148 valence electrons. The standard InChI is InChI=1S/C19H20N8O2/c1-25-8-3-4-14(18(25)28)22-19-23-17(29-2)16-13(7-9-26(16)24-19)12-5-6-15-20-11-21-27(15)10-12/h5-7,9-11,14H,3-4,8H2,1-2H3,(H,22,24). The summed E-state index contributed by atoms with van der Waals surface area (Å²) in [4.78, 5) is 22.8. The van der Waals surface area contributed by atoms with Crippen LogP contribution in [0.1, 0.15) is 12.8 Å². The predicted octanol–water partition coefficient (Wildman–Crippen LogP) is 1.48. The Morgan fingerprint density at radius 3 is 3.00 bits per heavy atom. The van der Waals surface area contributed by atoms with Crippen molar-refractivity contribution in [1.82, 2.24) is 34.1 Å². The van der Waals surface area contributed by atoms with E-state index in [0.29, 0.717) is 11.8 Å². The van der Waals surface area contributed by atoms with Crippen LogP contribution >= 0.6 is 0 Å². The lowest BCUT2D eigenvalue weighted by atomic mass is 10.1. The largest absolute Gasteiger partial charge is 0.479 e. The average molecular weight is 392 g/mol. The number of rotatable bonds is 4. The highest BCUT2D eigenvalue weighted by Crippen LogP contribution is 2.31. The summed E-state index contributed by atoms with van der Waals surface area (Å²) >= 11 is 0. The normalized spacial score (nSPS) is 17.2. The molecule has 29 heavy (non-hydrogen) atoms. The maximum atomic E-state index is 12.4. The van der Waals surface area contributed by atoms with Crippen molar-refractivity contribution >= 4 is 23.0 Å². The SMILES string of the molecule is COc1nc(NC2CCCN(C)C2=O)nn2ccc(-c3ccc4ncnn4c3)c12. The van der Waals surface area contributed by atoms with Crippen LogP contribution < -0.4 is 10.1 Å². The van der Waals surface area contributed by atoms with Crippen LogP contribution in [-0.4, -0.2) is 66.7 Å². The molecule has 0 aliphatic carbocycles. The van der Waals surface area contributed by atoms with Gasteiger partial charge < -0.3 is 15.0 Å². The van der Waals surface area contributed by atoms with E-state index in [-0.39, 0.29) is 11.9 Å². The third-order valence-electron chi connectivity index (χ3n) is 5.22. The molecule has 0 aromatic carbocycles. The highest BCUT2D eigenvalue weighted by molar-refractivity contribution is 5.86. The van der Waals surface area contributed by atoms with Gasteiger partial charge in [-0.05, 0) is 31.0 Å². The van der Waals surface area contributed by atoms with Crippen molar-refractivity contribution in [2.24, 2.45) is 0 Å². The first kappa shape index (κ1) is 17.4. The van der Waals surface area contributed by atoms with Crippen molar-refractivity contribution in [2.45, 2.75) is 18.9 Å².